The van der Waals surface area contributed by atoms with E-state index in [1.807, 2.05) is 18.2 Å². The van der Waals surface area contributed by atoms with Crippen molar-refractivity contribution in [1.82, 2.24) is 0 Å². The molecular formula is C20H24N2O3. The summed E-state index contributed by atoms with van der Waals surface area (Å²) in [6.45, 7) is 3.53. The number of amides is 1. The number of unbranched alkanes of at least 4 members (excludes halogenated alkanes) is 3. The van der Waals surface area contributed by atoms with Crippen molar-refractivity contribution in [2.24, 2.45) is 0 Å². The molecule has 0 radical (unpaired) electrons. The van der Waals surface area contributed by atoms with Gasteiger partial charge in [0, 0.05) is 18.8 Å². The average molecular weight is 340 g/mol. The monoisotopic (exact) mass is 340 g/mol. The third-order valence-corrected chi connectivity index (χ3v) is 3.74. The predicted octanol–water partition coefficient (Wildman–Crippen LogP) is 4.43. The first kappa shape index (κ1) is 20.2. The van der Waals surface area contributed by atoms with E-state index in [4.69, 9.17) is 5.26 Å². The van der Waals surface area contributed by atoms with Gasteiger partial charge in [-0.25, -0.2) is 4.79 Å². The van der Waals surface area contributed by atoms with Gasteiger partial charge in [-0.1, -0.05) is 44.4 Å². The summed E-state index contributed by atoms with van der Waals surface area (Å²) in [5, 5.41) is 18.4. The third kappa shape index (κ3) is 6.64. The van der Waals surface area contributed by atoms with E-state index in [2.05, 4.69) is 6.92 Å². The third-order valence-electron chi connectivity index (χ3n) is 3.74. The number of carboxylic acid groups (broad SMARTS) is 1. The smallest absolute Gasteiger partial charge is 0.346 e. The number of hydrogen-bond donors (Lipinski definition) is 1. The minimum atomic E-state index is -1.24. The van der Waals surface area contributed by atoms with E-state index in [9.17, 15) is 14.7 Å². The Morgan fingerprint density at radius 1 is 1.20 bits per heavy atom. The van der Waals surface area contributed by atoms with Crippen LogP contribution in [0.4, 0.5) is 5.69 Å². The first-order valence-electron chi connectivity index (χ1n) is 8.40. The lowest BCUT2D eigenvalue weighted by Gasteiger charge is -2.16. The van der Waals surface area contributed by atoms with Crippen molar-refractivity contribution in [2.45, 2.75) is 46.0 Å². The highest BCUT2D eigenvalue weighted by Crippen LogP contribution is 2.19. The lowest BCUT2D eigenvalue weighted by Crippen LogP contribution is -2.21. The minimum absolute atomic E-state index is 0.193. The highest BCUT2D eigenvalue weighted by molar-refractivity contribution is 5.94. The summed E-state index contributed by atoms with van der Waals surface area (Å²) in [7, 11) is 0. The van der Waals surface area contributed by atoms with Gasteiger partial charge in [0.1, 0.15) is 11.6 Å². The Kier molecular flexibility index (Phi) is 8.73. The molecule has 0 spiro atoms. The first-order chi connectivity index (χ1) is 12.0. The van der Waals surface area contributed by atoms with Crippen LogP contribution < -0.4 is 4.90 Å². The summed E-state index contributed by atoms with van der Waals surface area (Å²) >= 11 is 0. The summed E-state index contributed by atoms with van der Waals surface area (Å²) < 4.78 is 0. The molecular weight excluding hydrogens is 316 g/mol. The highest BCUT2D eigenvalue weighted by atomic mass is 16.4. The van der Waals surface area contributed by atoms with Crippen molar-refractivity contribution in [2.75, 3.05) is 4.90 Å². The first-order valence-corrected chi connectivity index (χ1v) is 8.40. The SMILES string of the molecule is CCCCCCC(C=CN(C(C)=O)c1ccccc1)=C(C#N)C(=O)O. The van der Waals surface area contributed by atoms with Crippen LogP contribution in [0.15, 0.2) is 53.8 Å². The number of rotatable bonds is 9. The number of para-hydroxylation sites is 1. The molecule has 0 aliphatic carbocycles. The van der Waals surface area contributed by atoms with Gasteiger partial charge in [0.05, 0.1) is 0 Å². The van der Waals surface area contributed by atoms with Crippen LogP contribution in [-0.4, -0.2) is 17.0 Å². The lowest BCUT2D eigenvalue weighted by atomic mass is 10.0. The molecule has 5 heteroatoms. The minimum Gasteiger partial charge on any atom is -0.477 e. The molecule has 0 aromatic heterocycles. The molecule has 1 N–H and O–H groups in total. The number of carbonyl (C=O) groups excluding carboxylic acids is 1. The van der Waals surface area contributed by atoms with Gasteiger partial charge in [0.2, 0.25) is 5.91 Å². The van der Waals surface area contributed by atoms with Crippen LogP contribution in [0.1, 0.15) is 46.0 Å². The van der Waals surface area contributed by atoms with Gasteiger partial charge in [-0.3, -0.25) is 9.69 Å². The van der Waals surface area contributed by atoms with Gasteiger partial charge >= 0.3 is 5.97 Å². The Morgan fingerprint density at radius 3 is 2.40 bits per heavy atom. The summed E-state index contributed by atoms with van der Waals surface area (Å²) in [5.41, 5.74) is 0.850. The Balaban J connectivity index is 3.09. The van der Waals surface area contributed by atoms with Crippen LogP contribution in [-0.2, 0) is 9.59 Å². The molecule has 0 unspecified atom stereocenters. The molecule has 0 aliphatic heterocycles. The normalized spacial score (nSPS) is 11.7. The molecule has 1 amide bonds. The molecule has 0 bridgehead atoms. The highest BCUT2D eigenvalue weighted by Gasteiger charge is 2.13. The Hall–Kier alpha value is -2.87. The number of allylic oxidation sites excluding steroid dienone is 2. The number of nitriles is 1. The fourth-order valence-electron chi connectivity index (χ4n) is 2.42. The van der Waals surface area contributed by atoms with E-state index in [-0.39, 0.29) is 11.5 Å². The molecule has 1 rings (SSSR count). The second kappa shape index (κ2) is 10.8. The molecule has 1 aromatic rings. The van der Waals surface area contributed by atoms with Crippen molar-refractivity contribution < 1.29 is 14.7 Å². The molecule has 132 valence electrons. The van der Waals surface area contributed by atoms with Gasteiger partial charge in [-0.15, -0.1) is 0 Å². The largest absolute Gasteiger partial charge is 0.477 e. The second-order valence-electron chi connectivity index (χ2n) is 5.67. The van der Waals surface area contributed by atoms with Crippen LogP contribution in [0.2, 0.25) is 0 Å². The zero-order chi connectivity index (χ0) is 18.7. The number of anilines is 1. The fraction of sp³-hybridized carbons (Fsp3) is 0.350. The molecule has 5 nitrogen and oxygen atoms in total. The molecule has 1 aromatic carbocycles. The van der Waals surface area contributed by atoms with Crippen LogP contribution in [0.5, 0.6) is 0 Å². The van der Waals surface area contributed by atoms with E-state index >= 15 is 0 Å². The molecule has 0 aliphatic rings. The lowest BCUT2D eigenvalue weighted by molar-refractivity contribution is -0.132. The van der Waals surface area contributed by atoms with E-state index in [1.165, 1.54) is 18.0 Å². The summed E-state index contributed by atoms with van der Waals surface area (Å²) in [6.07, 6.45) is 7.51. The fourth-order valence-corrected chi connectivity index (χ4v) is 2.42. The van der Waals surface area contributed by atoms with Crippen LogP contribution >= 0.6 is 0 Å². The molecule has 0 atom stereocenters. The van der Waals surface area contributed by atoms with Crippen LogP contribution in [0.25, 0.3) is 0 Å². The number of benzene rings is 1. The van der Waals surface area contributed by atoms with E-state index in [0.29, 0.717) is 17.7 Å². The Bertz CT molecular complexity index is 685. The maximum absolute atomic E-state index is 11.9. The standard InChI is InChI=1S/C20H24N2O3/c1-3-4-5-7-10-17(19(15-21)20(24)25)13-14-22(16(2)23)18-11-8-6-9-12-18/h6,8-9,11-14H,3-5,7,10H2,1-2H3,(H,24,25). The number of carboxylic acids is 1. The zero-order valence-electron chi connectivity index (χ0n) is 14.7. The predicted molar refractivity (Wildman–Crippen MR) is 97.8 cm³/mol. The van der Waals surface area contributed by atoms with Crippen LogP contribution in [0, 0.1) is 11.3 Å². The maximum atomic E-state index is 11.9. The maximum Gasteiger partial charge on any atom is 0.346 e. The Morgan fingerprint density at radius 2 is 1.88 bits per heavy atom. The van der Waals surface area contributed by atoms with Crippen molar-refractivity contribution in [3.05, 3.63) is 53.8 Å². The number of hydrogen-bond acceptors (Lipinski definition) is 3. The topological polar surface area (TPSA) is 81.4 Å². The summed E-state index contributed by atoms with van der Waals surface area (Å²) in [5.74, 6) is -1.44. The number of nitrogens with zero attached hydrogens (tertiary/aromatic N) is 2. The number of carbonyl (C=O) groups is 2. The van der Waals surface area contributed by atoms with Gasteiger partial charge in [0.15, 0.2) is 0 Å². The van der Waals surface area contributed by atoms with E-state index in [1.54, 1.807) is 24.3 Å². The molecule has 0 fully saturated rings. The van der Waals surface area contributed by atoms with Gasteiger partial charge in [-0.2, -0.15) is 5.26 Å². The van der Waals surface area contributed by atoms with Gasteiger partial charge in [0.25, 0.3) is 0 Å². The van der Waals surface area contributed by atoms with E-state index < -0.39 is 5.97 Å². The van der Waals surface area contributed by atoms with E-state index in [0.717, 1.165) is 25.7 Å². The Labute approximate surface area is 148 Å². The molecule has 0 saturated heterocycles. The molecule has 0 saturated carbocycles. The van der Waals surface area contributed by atoms with Crippen molar-refractivity contribution in [1.29, 1.82) is 5.26 Å². The number of aliphatic carboxylic acids is 1. The van der Waals surface area contributed by atoms with Crippen LogP contribution in [0.3, 0.4) is 0 Å². The summed E-state index contributed by atoms with van der Waals surface area (Å²) in [6, 6.07) is 10.8. The van der Waals surface area contributed by atoms with Crippen molar-refractivity contribution >= 4 is 17.6 Å². The van der Waals surface area contributed by atoms with Gasteiger partial charge in [-0.05, 0) is 36.6 Å². The second-order valence-corrected chi connectivity index (χ2v) is 5.67. The average Bonchev–Trinajstić information content (AvgIpc) is 2.59. The quantitative estimate of drug-likeness (QED) is 0.312. The molecule has 0 heterocycles. The molecule has 25 heavy (non-hydrogen) atoms. The van der Waals surface area contributed by atoms with Crippen molar-refractivity contribution in [3.8, 4) is 6.07 Å². The zero-order valence-corrected chi connectivity index (χ0v) is 14.7. The van der Waals surface area contributed by atoms with Gasteiger partial charge < -0.3 is 5.11 Å². The summed E-state index contributed by atoms with van der Waals surface area (Å²) in [4.78, 5) is 24.7. The van der Waals surface area contributed by atoms with Crippen molar-refractivity contribution in [3.63, 3.8) is 0 Å².